The molecule has 2 heterocycles. The van der Waals surface area contributed by atoms with Crippen LogP contribution in [0.15, 0.2) is 28.8 Å². The van der Waals surface area contributed by atoms with Gasteiger partial charge in [0.05, 0.1) is 11.6 Å². The van der Waals surface area contributed by atoms with Gasteiger partial charge in [0.1, 0.15) is 11.5 Å². The number of hydrogen-bond donors (Lipinski definition) is 1. The van der Waals surface area contributed by atoms with Crippen molar-refractivity contribution in [1.29, 1.82) is 0 Å². The Morgan fingerprint density at radius 1 is 1.50 bits per heavy atom. The standard InChI is InChI=1S/C11H10ClFN2O/c1-7-2-3-9(16-7)6-15-11-10(13)4-8(12)5-14-11/h2-5H,6H2,1H3,(H,14,15). The van der Waals surface area contributed by atoms with E-state index in [1.54, 1.807) is 0 Å². The van der Waals surface area contributed by atoms with E-state index in [4.69, 9.17) is 16.0 Å². The van der Waals surface area contributed by atoms with Crippen molar-refractivity contribution in [3.8, 4) is 0 Å². The van der Waals surface area contributed by atoms with Crippen LogP contribution in [0, 0.1) is 12.7 Å². The van der Waals surface area contributed by atoms with Gasteiger partial charge in [-0.15, -0.1) is 0 Å². The maximum absolute atomic E-state index is 13.3. The predicted octanol–water partition coefficient (Wildman–Crippen LogP) is 3.39. The smallest absolute Gasteiger partial charge is 0.166 e. The van der Waals surface area contributed by atoms with Crippen LogP contribution in [0.25, 0.3) is 0 Å². The molecule has 0 aliphatic rings. The predicted molar refractivity (Wildman–Crippen MR) is 60.0 cm³/mol. The van der Waals surface area contributed by atoms with Gasteiger partial charge in [-0.25, -0.2) is 9.37 Å². The minimum Gasteiger partial charge on any atom is -0.465 e. The van der Waals surface area contributed by atoms with Crippen LogP contribution in [-0.2, 0) is 6.54 Å². The second-order valence-corrected chi connectivity index (χ2v) is 3.79. The number of halogens is 2. The van der Waals surface area contributed by atoms with Crippen LogP contribution in [0.1, 0.15) is 11.5 Å². The molecule has 2 rings (SSSR count). The molecular weight excluding hydrogens is 231 g/mol. The van der Waals surface area contributed by atoms with Gasteiger partial charge in [-0.3, -0.25) is 0 Å². The molecule has 1 N–H and O–H groups in total. The maximum Gasteiger partial charge on any atom is 0.166 e. The molecule has 3 nitrogen and oxygen atoms in total. The molecule has 0 aliphatic heterocycles. The first-order chi connectivity index (χ1) is 7.65. The van der Waals surface area contributed by atoms with Crippen molar-refractivity contribution in [3.63, 3.8) is 0 Å². The largest absolute Gasteiger partial charge is 0.465 e. The van der Waals surface area contributed by atoms with E-state index in [9.17, 15) is 4.39 Å². The summed E-state index contributed by atoms with van der Waals surface area (Å²) < 4.78 is 18.6. The minimum absolute atomic E-state index is 0.165. The summed E-state index contributed by atoms with van der Waals surface area (Å²) in [4.78, 5) is 3.84. The van der Waals surface area contributed by atoms with Gasteiger partial charge in [0, 0.05) is 6.20 Å². The van der Waals surface area contributed by atoms with E-state index in [2.05, 4.69) is 10.3 Å². The average Bonchev–Trinajstić information content (AvgIpc) is 2.63. The molecular formula is C11H10ClFN2O. The first-order valence-corrected chi connectivity index (χ1v) is 5.13. The number of aryl methyl sites for hydroxylation is 1. The van der Waals surface area contributed by atoms with Crippen LogP contribution in [-0.4, -0.2) is 4.98 Å². The molecule has 84 valence electrons. The summed E-state index contributed by atoms with van der Waals surface area (Å²) in [6.45, 7) is 2.24. The Hall–Kier alpha value is -1.55. The van der Waals surface area contributed by atoms with Crippen LogP contribution in [0.2, 0.25) is 5.02 Å². The zero-order valence-corrected chi connectivity index (χ0v) is 9.38. The fraction of sp³-hybridized carbons (Fsp3) is 0.182. The van der Waals surface area contributed by atoms with Crippen molar-refractivity contribution in [2.75, 3.05) is 5.32 Å². The lowest BCUT2D eigenvalue weighted by Gasteiger charge is -2.04. The Labute approximate surface area is 97.3 Å². The highest BCUT2D eigenvalue weighted by Gasteiger charge is 2.05. The highest BCUT2D eigenvalue weighted by molar-refractivity contribution is 6.30. The highest BCUT2D eigenvalue weighted by atomic mass is 35.5. The number of hydrogen-bond acceptors (Lipinski definition) is 3. The molecule has 0 saturated carbocycles. The molecule has 0 unspecified atom stereocenters. The zero-order chi connectivity index (χ0) is 11.5. The Morgan fingerprint density at radius 2 is 2.31 bits per heavy atom. The summed E-state index contributed by atoms with van der Waals surface area (Å²) in [6, 6.07) is 4.89. The lowest BCUT2D eigenvalue weighted by Crippen LogP contribution is -2.02. The van der Waals surface area contributed by atoms with Gasteiger partial charge >= 0.3 is 0 Å². The van der Waals surface area contributed by atoms with Crippen LogP contribution >= 0.6 is 11.6 Å². The normalized spacial score (nSPS) is 10.4. The van der Waals surface area contributed by atoms with E-state index in [1.165, 1.54) is 12.3 Å². The van der Waals surface area contributed by atoms with Gasteiger partial charge in [-0.2, -0.15) is 0 Å². The zero-order valence-electron chi connectivity index (χ0n) is 8.63. The molecule has 0 fully saturated rings. The molecule has 5 heteroatoms. The van der Waals surface area contributed by atoms with E-state index < -0.39 is 5.82 Å². The number of rotatable bonds is 3. The van der Waals surface area contributed by atoms with Gasteiger partial charge in [0.25, 0.3) is 0 Å². The lowest BCUT2D eigenvalue weighted by atomic mass is 10.4. The first-order valence-electron chi connectivity index (χ1n) is 4.75. The fourth-order valence-corrected chi connectivity index (χ4v) is 1.44. The fourth-order valence-electron chi connectivity index (χ4n) is 1.30. The lowest BCUT2D eigenvalue weighted by molar-refractivity contribution is 0.489. The molecule has 0 amide bonds. The number of anilines is 1. The van der Waals surface area contributed by atoms with Gasteiger partial charge in [0.15, 0.2) is 11.6 Å². The molecule has 16 heavy (non-hydrogen) atoms. The molecule has 0 bridgehead atoms. The summed E-state index contributed by atoms with van der Waals surface area (Å²) in [5, 5.41) is 3.11. The first kappa shape index (κ1) is 11.0. The summed E-state index contributed by atoms with van der Waals surface area (Å²) >= 11 is 5.59. The maximum atomic E-state index is 13.3. The summed E-state index contributed by atoms with van der Waals surface area (Å²) in [5.74, 6) is 1.24. The molecule has 0 saturated heterocycles. The Balaban J connectivity index is 2.04. The monoisotopic (exact) mass is 240 g/mol. The van der Waals surface area contributed by atoms with Crippen molar-refractivity contribution >= 4 is 17.4 Å². The van der Waals surface area contributed by atoms with Gasteiger partial charge < -0.3 is 9.73 Å². The van der Waals surface area contributed by atoms with E-state index in [-0.39, 0.29) is 10.8 Å². The third kappa shape index (κ3) is 2.52. The number of pyridine rings is 1. The summed E-state index contributed by atoms with van der Waals surface area (Å²) in [5.41, 5.74) is 0. The van der Waals surface area contributed by atoms with Crippen molar-refractivity contribution in [2.45, 2.75) is 13.5 Å². The topological polar surface area (TPSA) is 38.1 Å². The average molecular weight is 241 g/mol. The Morgan fingerprint density at radius 3 is 2.94 bits per heavy atom. The number of nitrogens with zero attached hydrogens (tertiary/aromatic N) is 1. The summed E-state index contributed by atoms with van der Waals surface area (Å²) in [7, 11) is 0. The summed E-state index contributed by atoms with van der Waals surface area (Å²) in [6.07, 6.45) is 1.39. The van der Waals surface area contributed by atoms with Crippen molar-refractivity contribution < 1.29 is 8.81 Å². The second kappa shape index (κ2) is 4.53. The van der Waals surface area contributed by atoms with E-state index in [0.29, 0.717) is 6.54 Å². The second-order valence-electron chi connectivity index (χ2n) is 3.35. The van der Waals surface area contributed by atoms with Crippen molar-refractivity contribution in [3.05, 3.63) is 46.8 Å². The molecule has 0 aliphatic carbocycles. The van der Waals surface area contributed by atoms with Gasteiger partial charge in [-0.05, 0) is 25.1 Å². The molecule has 2 aromatic rings. The Kier molecular flexibility index (Phi) is 3.10. The van der Waals surface area contributed by atoms with E-state index >= 15 is 0 Å². The van der Waals surface area contributed by atoms with Gasteiger partial charge in [-0.1, -0.05) is 11.6 Å². The van der Waals surface area contributed by atoms with Crippen molar-refractivity contribution in [2.24, 2.45) is 0 Å². The highest BCUT2D eigenvalue weighted by Crippen LogP contribution is 2.16. The minimum atomic E-state index is -0.476. The third-order valence-corrected chi connectivity index (χ3v) is 2.24. The van der Waals surface area contributed by atoms with Crippen molar-refractivity contribution in [1.82, 2.24) is 4.98 Å². The third-order valence-electron chi connectivity index (χ3n) is 2.03. The van der Waals surface area contributed by atoms with E-state index in [0.717, 1.165) is 11.5 Å². The number of nitrogens with one attached hydrogen (secondary N) is 1. The van der Waals surface area contributed by atoms with E-state index in [1.807, 2.05) is 19.1 Å². The quantitative estimate of drug-likeness (QED) is 0.894. The SMILES string of the molecule is Cc1ccc(CNc2ncc(Cl)cc2F)o1. The molecule has 0 atom stereocenters. The van der Waals surface area contributed by atoms with Crippen LogP contribution in [0.3, 0.4) is 0 Å². The van der Waals surface area contributed by atoms with Crippen LogP contribution < -0.4 is 5.32 Å². The van der Waals surface area contributed by atoms with Crippen LogP contribution in [0.4, 0.5) is 10.2 Å². The Bertz CT molecular complexity index is 498. The van der Waals surface area contributed by atoms with Crippen LogP contribution in [0.5, 0.6) is 0 Å². The molecule has 2 aromatic heterocycles. The molecule has 0 spiro atoms. The molecule has 0 radical (unpaired) electrons. The number of furan rings is 1. The number of aromatic nitrogens is 1. The van der Waals surface area contributed by atoms with Gasteiger partial charge in [0.2, 0.25) is 0 Å². The molecule has 0 aromatic carbocycles.